The third kappa shape index (κ3) is 3.21. The van der Waals surface area contributed by atoms with Crippen LogP contribution in [0.1, 0.15) is 15.9 Å². The van der Waals surface area contributed by atoms with Crippen LogP contribution in [0, 0.1) is 6.92 Å². The second kappa shape index (κ2) is 5.83. The minimum Gasteiger partial charge on any atom is -0.478 e. The minimum absolute atomic E-state index is 0.0617. The zero-order chi connectivity index (χ0) is 14.7. The van der Waals surface area contributed by atoms with Crippen LogP contribution in [0.2, 0.25) is 5.02 Å². The van der Waals surface area contributed by atoms with Gasteiger partial charge >= 0.3 is 5.97 Å². The maximum absolute atomic E-state index is 11.2. The van der Waals surface area contributed by atoms with Gasteiger partial charge in [-0.2, -0.15) is 5.10 Å². The van der Waals surface area contributed by atoms with E-state index in [2.05, 4.69) is 10.4 Å². The summed E-state index contributed by atoms with van der Waals surface area (Å²) in [6.07, 6.45) is 3.67. The highest BCUT2D eigenvalue weighted by atomic mass is 35.5. The fourth-order valence-corrected chi connectivity index (χ4v) is 2.16. The zero-order valence-corrected chi connectivity index (χ0v) is 11.7. The van der Waals surface area contributed by atoms with Gasteiger partial charge in [0.15, 0.2) is 0 Å². The second-order valence-electron chi connectivity index (χ2n) is 4.44. The van der Waals surface area contributed by atoms with Crippen molar-refractivity contribution < 1.29 is 9.90 Å². The van der Waals surface area contributed by atoms with Crippen LogP contribution >= 0.6 is 11.6 Å². The number of nitrogen functional groups attached to an aromatic ring is 1. The molecule has 2 rings (SSSR count). The lowest BCUT2D eigenvalue weighted by Gasteiger charge is -2.12. The summed E-state index contributed by atoms with van der Waals surface area (Å²) in [6, 6.07) is 2.91. The van der Waals surface area contributed by atoms with Crippen LogP contribution in [-0.4, -0.2) is 27.4 Å². The SMILES string of the molecule is Cc1cnn(CCNc2c(Cl)cc(N)cc2C(=O)O)c1. The van der Waals surface area contributed by atoms with Crippen molar-refractivity contribution in [3.05, 3.63) is 40.7 Å². The van der Waals surface area contributed by atoms with Gasteiger partial charge in [-0.3, -0.25) is 4.68 Å². The number of hydrogen-bond donors (Lipinski definition) is 3. The number of nitrogens with two attached hydrogens (primary N) is 1. The molecule has 106 valence electrons. The number of halogens is 1. The van der Waals surface area contributed by atoms with Gasteiger partial charge in [0.25, 0.3) is 0 Å². The molecule has 0 unspecified atom stereocenters. The van der Waals surface area contributed by atoms with E-state index in [4.69, 9.17) is 22.4 Å². The highest BCUT2D eigenvalue weighted by Crippen LogP contribution is 2.29. The summed E-state index contributed by atoms with van der Waals surface area (Å²) >= 11 is 6.04. The Morgan fingerprint density at radius 2 is 2.30 bits per heavy atom. The number of carboxylic acids is 1. The van der Waals surface area contributed by atoms with E-state index in [1.54, 1.807) is 10.9 Å². The van der Waals surface area contributed by atoms with Gasteiger partial charge in [-0.05, 0) is 24.6 Å². The summed E-state index contributed by atoms with van der Waals surface area (Å²) in [7, 11) is 0. The van der Waals surface area contributed by atoms with Crippen LogP contribution in [-0.2, 0) is 6.54 Å². The van der Waals surface area contributed by atoms with E-state index < -0.39 is 5.97 Å². The first-order valence-corrected chi connectivity index (χ1v) is 6.40. The average molecular weight is 295 g/mol. The van der Waals surface area contributed by atoms with Crippen molar-refractivity contribution in [2.45, 2.75) is 13.5 Å². The molecule has 1 aromatic heterocycles. The molecule has 0 spiro atoms. The van der Waals surface area contributed by atoms with E-state index in [1.165, 1.54) is 12.1 Å². The first-order chi connectivity index (χ1) is 9.47. The number of rotatable bonds is 5. The lowest BCUT2D eigenvalue weighted by molar-refractivity contribution is 0.0698. The van der Waals surface area contributed by atoms with Crippen molar-refractivity contribution in [3.63, 3.8) is 0 Å². The molecule has 1 heterocycles. The Morgan fingerprint density at radius 3 is 2.90 bits per heavy atom. The topological polar surface area (TPSA) is 93.2 Å². The molecule has 2 aromatic rings. The van der Waals surface area contributed by atoms with E-state index in [9.17, 15) is 4.79 Å². The van der Waals surface area contributed by atoms with Crippen molar-refractivity contribution in [1.82, 2.24) is 9.78 Å². The molecule has 4 N–H and O–H groups in total. The molecule has 7 heteroatoms. The lowest BCUT2D eigenvalue weighted by Crippen LogP contribution is -2.14. The summed E-state index contributed by atoms with van der Waals surface area (Å²) in [5.41, 5.74) is 7.42. The van der Waals surface area contributed by atoms with Gasteiger partial charge in [0.2, 0.25) is 0 Å². The van der Waals surface area contributed by atoms with Crippen LogP contribution in [0.4, 0.5) is 11.4 Å². The van der Waals surface area contributed by atoms with Crippen molar-refractivity contribution in [2.24, 2.45) is 0 Å². The summed E-state index contributed by atoms with van der Waals surface area (Å²) in [6.45, 7) is 3.06. The van der Waals surface area contributed by atoms with Gasteiger partial charge in [0, 0.05) is 18.4 Å². The van der Waals surface area contributed by atoms with Crippen molar-refractivity contribution in [2.75, 3.05) is 17.6 Å². The standard InChI is InChI=1S/C13H15ClN4O2/c1-8-6-17-18(7-8)3-2-16-12-10(13(19)20)4-9(15)5-11(12)14/h4-7,16H,2-3,15H2,1H3,(H,19,20). The van der Waals surface area contributed by atoms with Gasteiger partial charge in [-0.25, -0.2) is 4.79 Å². The Bertz CT molecular complexity index is 639. The molecule has 0 aliphatic heterocycles. The van der Waals surface area contributed by atoms with Crippen LogP contribution in [0.25, 0.3) is 0 Å². The van der Waals surface area contributed by atoms with Crippen LogP contribution in [0.15, 0.2) is 24.5 Å². The Labute approximate surface area is 121 Å². The zero-order valence-electron chi connectivity index (χ0n) is 10.9. The second-order valence-corrected chi connectivity index (χ2v) is 4.85. The molecule has 0 bridgehead atoms. The van der Waals surface area contributed by atoms with E-state index in [0.717, 1.165) is 5.56 Å². The smallest absolute Gasteiger partial charge is 0.337 e. The van der Waals surface area contributed by atoms with Gasteiger partial charge in [0.1, 0.15) is 0 Å². The first-order valence-electron chi connectivity index (χ1n) is 6.02. The third-order valence-electron chi connectivity index (χ3n) is 2.75. The normalized spacial score (nSPS) is 10.5. The van der Waals surface area contributed by atoms with Crippen molar-refractivity contribution in [3.8, 4) is 0 Å². The lowest BCUT2D eigenvalue weighted by atomic mass is 10.1. The largest absolute Gasteiger partial charge is 0.478 e. The molecule has 0 aliphatic carbocycles. The number of aromatic nitrogens is 2. The summed E-state index contributed by atoms with van der Waals surface area (Å²) < 4.78 is 1.77. The number of carboxylic acid groups (broad SMARTS) is 1. The number of nitrogens with one attached hydrogen (secondary N) is 1. The highest BCUT2D eigenvalue weighted by Gasteiger charge is 2.14. The third-order valence-corrected chi connectivity index (χ3v) is 3.05. The molecular formula is C13H15ClN4O2. The maximum Gasteiger partial charge on any atom is 0.337 e. The van der Waals surface area contributed by atoms with E-state index in [1.807, 2.05) is 13.1 Å². The van der Waals surface area contributed by atoms with E-state index in [0.29, 0.717) is 29.5 Å². The van der Waals surface area contributed by atoms with Gasteiger partial charge < -0.3 is 16.2 Å². The Hall–Kier alpha value is -2.21. The molecule has 0 amide bonds. The predicted molar refractivity (Wildman–Crippen MR) is 78.3 cm³/mol. The molecule has 0 saturated heterocycles. The molecule has 1 aromatic carbocycles. The summed E-state index contributed by atoms with van der Waals surface area (Å²) in [4.78, 5) is 11.2. The molecule has 0 fully saturated rings. The molecule has 0 atom stereocenters. The van der Waals surface area contributed by atoms with Crippen molar-refractivity contribution >= 4 is 28.9 Å². The van der Waals surface area contributed by atoms with Crippen LogP contribution in [0.5, 0.6) is 0 Å². The molecule has 20 heavy (non-hydrogen) atoms. The molecule has 0 radical (unpaired) electrons. The van der Waals surface area contributed by atoms with Crippen molar-refractivity contribution in [1.29, 1.82) is 0 Å². The summed E-state index contributed by atoms with van der Waals surface area (Å²) in [5.74, 6) is -1.07. The Kier molecular flexibility index (Phi) is 4.14. The Balaban J connectivity index is 2.10. The number of aryl methyl sites for hydroxylation is 1. The molecule has 6 nitrogen and oxygen atoms in total. The highest BCUT2D eigenvalue weighted by molar-refractivity contribution is 6.34. The van der Waals surface area contributed by atoms with E-state index >= 15 is 0 Å². The fourth-order valence-electron chi connectivity index (χ4n) is 1.86. The fraction of sp³-hybridized carbons (Fsp3) is 0.231. The quantitative estimate of drug-likeness (QED) is 0.735. The maximum atomic E-state index is 11.2. The number of aromatic carboxylic acids is 1. The van der Waals surface area contributed by atoms with Crippen LogP contribution < -0.4 is 11.1 Å². The minimum atomic E-state index is -1.07. The number of carbonyl (C=O) groups is 1. The van der Waals surface area contributed by atoms with E-state index in [-0.39, 0.29) is 5.56 Å². The first kappa shape index (κ1) is 14.2. The number of nitrogens with zero attached hydrogens (tertiary/aromatic N) is 2. The number of hydrogen-bond acceptors (Lipinski definition) is 4. The summed E-state index contributed by atoms with van der Waals surface area (Å²) in [5, 5.41) is 16.6. The average Bonchev–Trinajstić information content (AvgIpc) is 2.77. The molecular weight excluding hydrogens is 280 g/mol. The Morgan fingerprint density at radius 1 is 1.55 bits per heavy atom. The predicted octanol–water partition coefficient (Wildman–Crippen LogP) is 2.24. The van der Waals surface area contributed by atoms with Crippen LogP contribution in [0.3, 0.4) is 0 Å². The number of anilines is 2. The van der Waals surface area contributed by atoms with Gasteiger partial charge in [0.05, 0.1) is 29.0 Å². The number of benzene rings is 1. The molecule has 0 saturated carbocycles. The molecule has 0 aliphatic rings. The van der Waals surface area contributed by atoms with Gasteiger partial charge in [-0.15, -0.1) is 0 Å². The van der Waals surface area contributed by atoms with Gasteiger partial charge in [-0.1, -0.05) is 11.6 Å². The monoisotopic (exact) mass is 294 g/mol.